The van der Waals surface area contributed by atoms with Gasteiger partial charge in [0.2, 0.25) is 5.91 Å². The van der Waals surface area contributed by atoms with Gasteiger partial charge in [-0.05, 0) is 38.1 Å². The van der Waals surface area contributed by atoms with Crippen LogP contribution in [0.3, 0.4) is 0 Å². The Hall–Kier alpha value is -3.02. The van der Waals surface area contributed by atoms with E-state index in [0.717, 1.165) is 11.0 Å². The summed E-state index contributed by atoms with van der Waals surface area (Å²) in [5.41, 5.74) is 2.00. The molecule has 2 aromatic carbocycles. The van der Waals surface area contributed by atoms with E-state index in [1.807, 2.05) is 50.2 Å². The Morgan fingerprint density at radius 3 is 2.32 bits per heavy atom. The zero-order valence-corrected chi connectivity index (χ0v) is 14.4. The van der Waals surface area contributed by atoms with Gasteiger partial charge in [0.15, 0.2) is 0 Å². The first-order valence-corrected chi connectivity index (χ1v) is 8.35. The van der Waals surface area contributed by atoms with Crippen LogP contribution in [0.2, 0.25) is 0 Å². The number of aromatic nitrogens is 2. The molecule has 130 valence electrons. The molecule has 3 aromatic rings. The summed E-state index contributed by atoms with van der Waals surface area (Å²) in [5, 5.41) is 2.83. The molecular weight excluding hydrogens is 318 g/mol. The van der Waals surface area contributed by atoms with Crippen molar-refractivity contribution in [3.8, 4) is 5.75 Å². The van der Waals surface area contributed by atoms with Crippen molar-refractivity contribution in [1.29, 1.82) is 0 Å². The van der Waals surface area contributed by atoms with Crippen LogP contribution < -0.4 is 15.7 Å². The lowest BCUT2D eigenvalue weighted by atomic mass is 10.3. The molecule has 0 fully saturated rings. The van der Waals surface area contributed by atoms with Crippen LogP contribution in [0.25, 0.3) is 11.0 Å². The van der Waals surface area contributed by atoms with Crippen LogP contribution in [-0.4, -0.2) is 21.6 Å². The molecule has 25 heavy (non-hydrogen) atoms. The van der Waals surface area contributed by atoms with Crippen LogP contribution >= 0.6 is 0 Å². The van der Waals surface area contributed by atoms with Gasteiger partial charge in [0.1, 0.15) is 12.3 Å². The lowest BCUT2D eigenvalue weighted by Gasteiger charge is -2.11. The highest BCUT2D eigenvalue weighted by Gasteiger charge is 2.15. The summed E-state index contributed by atoms with van der Waals surface area (Å²) in [6.45, 7) is 4.82. The molecule has 0 aliphatic rings. The first-order chi connectivity index (χ1) is 12.2. The minimum Gasteiger partial charge on any atom is -0.492 e. The van der Waals surface area contributed by atoms with Crippen molar-refractivity contribution in [2.45, 2.75) is 26.9 Å². The number of carbonyl (C=O) groups is 1. The number of hydrogen-bond donors (Lipinski definition) is 1. The summed E-state index contributed by atoms with van der Waals surface area (Å²) < 4.78 is 8.68. The Bertz CT molecular complexity index is 956. The van der Waals surface area contributed by atoms with Gasteiger partial charge >= 0.3 is 5.69 Å². The third-order valence-corrected chi connectivity index (χ3v) is 4.00. The maximum atomic E-state index is 12.6. The smallest absolute Gasteiger partial charge is 0.329 e. The number of para-hydroxylation sites is 4. The van der Waals surface area contributed by atoms with E-state index in [9.17, 15) is 9.59 Å². The number of rotatable bonds is 6. The van der Waals surface area contributed by atoms with Crippen LogP contribution in [0.15, 0.2) is 53.3 Å². The summed E-state index contributed by atoms with van der Waals surface area (Å²) in [6, 6.07) is 14.7. The number of imidazole rings is 1. The van der Waals surface area contributed by atoms with Crippen molar-refractivity contribution in [2.24, 2.45) is 0 Å². The van der Waals surface area contributed by atoms with E-state index >= 15 is 0 Å². The van der Waals surface area contributed by atoms with Crippen molar-refractivity contribution in [3.05, 3.63) is 59.0 Å². The normalized spacial score (nSPS) is 10.8. The topological polar surface area (TPSA) is 65.3 Å². The summed E-state index contributed by atoms with van der Waals surface area (Å²) >= 11 is 0. The number of aryl methyl sites for hydroxylation is 1. The second-order valence-electron chi connectivity index (χ2n) is 5.58. The summed E-state index contributed by atoms with van der Waals surface area (Å²) in [6.07, 6.45) is 0. The third kappa shape index (κ3) is 3.28. The van der Waals surface area contributed by atoms with Gasteiger partial charge in [0.05, 0.1) is 23.3 Å². The van der Waals surface area contributed by atoms with Crippen LogP contribution in [0, 0.1) is 0 Å². The molecule has 1 N–H and O–H groups in total. The average Bonchev–Trinajstić information content (AvgIpc) is 2.88. The van der Waals surface area contributed by atoms with Gasteiger partial charge in [-0.25, -0.2) is 4.79 Å². The predicted molar refractivity (Wildman–Crippen MR) is 98.1 cm³/mol. The maximum Gasteiger partial charge on any atom is 0.329 e. The highest BCUT2D eigenvalue weighted by atomic mass is 16.5. The molecule has 0 radical (unpaired) electrons. The van der Waals surface area contributed by atoms with Gasteiger partial charge in [0.25, 0.3) is 0 Å². The van der Waals surface area contributed by atoms with Crippen LogP contribution in [0.4, 0.5) is 5.69 Å². The fraction of sp³-hybridized carbons (Fsp3) is 0.263. The Morgan fingerprint density at radius 1 is 1.00 bits per heavy atom. The number of nitrogens with one attached hydrogen (secondary N) is 1. The minimum absolute atomic E-state index is 0.0488. The van der Waals surface area contributed by atoms with Gasteiger partial charge < -0.3 is 10.1 Å². The van der Waals surface area contributed by atoms with Gasteiger partial charge in [-0.3, -0.25) is 13.9 Å². The Labute approximate surface area is 145 Å². The van der Waals surface area contributed by atoms with Crippen LogP contribution in [0.1, 0.15) is 13.8 Å². The largest absolute Gasteiger partial charge is 0.492 e. The number of fused-ring (bicyclic) bond motifs is 1. The third-order valence-electron chi connectivity index (χ3n) is 4.00. The van der Waals surface area contributed by atoms with E-state index in [0.29, 0.717) is 24.6 Å². The molecule has 1 heterocycles. The monoisotopic (exact) mass is 339 g/mol. The average molecular weight is 339 g/mol. The molecule has 1 amide bonds. The Kier molecular flexibility index (Phi) is 4.88. The summed E-state index contributed by atoms with van der Waals surface area (Å²) in [7, 11) is 0. The molecular formula is C19H21N3O3. The summed E-state index contributed by atoms with van der Waals surface area (Å²) in [4.78, 5) is 25.1. The highest BCUT2D eigenvalue weighted by Crippen LogP contribution is 2.23. The maximum absolute atomic E-state index is 12.6. The van der Waals surface area contributed by atoms with Crippen molar-refractivity contribution < 1.29 is 9.53 Å². The van der Waals surface area contributed by atoms with Gasteiger partial charge in [-0.2, -0.15) is 0 Å². The molecule has 0 saturated carbocycles. The van der Waals surface area contributed by atoms with E-state index in [-0.39, 0.29) is 18.1 Å². The first-order valence-electron chi connectivity index (χ1n) is 8.35. The lowest BCUT2D eigenvalue weighted by molar-refractivity contribution is -0.116. The number of anilines is 1. The molecule has 6 nitrogen and oxygen atoms in total. The molecule has 6 heteroatoms. The summed E-state index contributed by atoms with van der Waals surface area (Å²) in [5.74, 6) is 0.343. The van der Waals surface area contributed by atoms with E-state index in [1.165, 1.54) is 4.57 Å². The number of hydrogen-bond acceptors (Lipinski definition) is 3. The highest BCUT2D eigenvalue weighted by molar-refractivity contribution is 5.93. The molecule has 0 aliphatic heterocycles. The zero-order valence-electron chi connectivity index (χ0n) is 14.4. The molecule has 0 atom stereocenters. The van der Waals surface area contributed by atoms with E-state index in [2.05, 4.69) is 5.32 Å². The number of benzene rings is 2. The fourth-order valence-electron chi connectivity index (χ4n) is 2.92. The van der Waals surface area contributed by atoms with Gasteiger partial charge in [-0.15, -0.1) is 0 Å². The van der Waals surface area contributed by atoms with E-state index < -0.39 is 0 Å². The van der Waals surface area contributed by atoms with Crippen LogP contribution in [0.5, 0.6) is 5.75 Å². The number of nitrogens with zero attached hydrogens (tertiary/aromatic N) is 2. The second kappa shape index (κ2) is 7.25. The SMILES string of the molecule is CCOc1ccccc1NC(=O)Cn1c(=O)n(CC)c2ccccc21. The van der Waals surface area contributed by atoms with Crippen molar-refractivity contribution >= 4 is 22.6 Å². The molecule has 0 aliphatic carbocycles. The molecule has 0 bridgehead atoms. The van der Waals surface area contributed by atoms with E-state index in [1.54, 1.807) is 16.7 Å². The van der Waals surface area contributed by atoms with Crippen molar-refractivity contribution in [2.75, 3.05) is 11.9 Å². The number of carbonyl (C=O) groups excluding carboxylic acids is 1. The van der Waals surface area contributed by atoms with E-state index in [4.69, 9.17) is 4.74 Å². The lowest BCUT2D eigenvalue weighted by Crippen LogP contribution is -2.29. The quantitative estimate of drug-likeness (QED) is 0.751. The fourth-order valence-corrected chi connectivity index (χ4v) is 2.92. The number of ether oxygens (including phenoxy) is 1. The van der Waals surface area contributed by atoms with Crippen molar-refractivity contribution in [3.63, 3.8) is 0 Å². The Morgan fingerprint density at radius 2 is 1.64 bits per heavy atom. The van der Waals surface area contributed by atoms with Gasteiger partial charge in [-0.1, -0.05) is 24.3 Å². The predicted octanol–water partition coefficient (Wildman–Crippen LogP) is 2.86. The second-order valence-corrected chi connectivity index (χ2v) is 5.58. The number of amides is 1. The minimum atomic E-state index is -0.270. The standard InChI is InChI=1S/C19H21N3O3/c1-3-21-15-10-6-7-11-16(15)22(19(21)24)13-18(23)20-14-9-5-8-12-17(14)25-4-2/h5-12H,3-4,13H2,1-2H3,(H,20,23). The molecule has 0 saturated heterocycles. The Balaban J connectivity index is 1.89. The first kappa shape index (κ1) is 16.8. The molecule has 1 aromatic heterocycles. The molecule has 0 unspecified atom stereocenters. The zero-order chi connectivity index (χ0) is 17.8. The molecule has 3 rings (SSSR count). The van der Waals surface area contributed by atoms with Crippen LogP contribution in [-0.2, 0) is 17.9 Å². The molecule has 0 spiro atoms. The van der Waals surface area contributed by atoms with Crippen molar-refractivity contribution in [1.82, 2.24) is 9.13 Å². The van der Waals surface area contributed by atoms with Gasteiger partial charge in [0, 0.05) is 6.54 Å².